The van der Waals surface area contributed by atoms with Crippen LogP contribution in [0, 0.1) is 21.7 Å². The number of ether oxygens (including phenoxy) is 6. The second-order valence-corrected chi connectivity index (χ2v) is 14.3. The summed E-state index contributed by atoms with van der Waals surface area (Å²) < 4.78 is 36.1. The van der Waals surface area contributed by atoms with Crippen LogP contribution in [0.2, 0.25) is 0 Å². The summed E-state index contributed by atoms with van der Waals surface area (Å²) in [4.78, 5) is 0. The minimum absolute atomic E-state index is 0.105. The van der Waals surface area contributed by atoms with Crippen molar-refractivity contribution < 1.29 is 33.5 Å². The van der Waals surface area contributed by atoms with Gasteiger partial charge in [0.05, 0.1) is 64.1 Å². The molecule has 36 heavy (non-hydrogen) atoms. The lowest BCUT2D eigenvalue weighted by Crippen LogP contribution is -2.41. The van der Waals surface area contributed by atoms with Crippen LogP contribution in [0.1, 0.15) is 79.1 Å². The zero-order chi connectivity index (χ0) is 25.2. The van der Waals surface area contributed by atoms with E-state index in [1.807, 2.05) is 0 Å². The monoisotopic (exact) mass is 508 g/mol. The molecule has 0 aromatic rings. The summed E-state index contributed by atoms with van der Waals surface area (Å²) >= 11 is 0. The number of epoxide rings is 2. The first kappa shape index (κ1) is 26.0. The maximum Gasteiger partial charge on any atom is 0.104 e. The third kappa shape index (κ3) is 5.15. The molecule has 6 fully saturated rings. The average Bonchev–Trinajstić information content (AvgIpc) is 3.73. The van der Waals surface area contributed by atoms with E-state index in [0.29, 0.717) is 25.4 Å². The van der Waals surface area contributed by atoms with Gasteiger partial charge in [-0.3, -0.25) is 0 Å². The van der Waals surface area contributed by atoms with Gasteiger partial charge >= 0.3 is 0 Å². The molecule has 11 unspecified atom stereocenters. The molecule has 2 saturated heterocycles. The molecule has 0 aromatic heterocycles. The molecule has 11 atom stereocenters. The standard InChI is InChI=1S/C29H48O7/c1-26-8-6-23(35-15-20-13-31-20)29(4,17-26)9-24(26)34-12-19(30)11-33-22-5-7-27(2)18-28(22,3)10-25(27)36-16-21-14-32-21/h19-25,30H,5-18H2,1-4H3. The van der Waals surface area contributed by atoms with Crippen LogP contribution in [-0.2, 0) is 28.4 Å². The topological polar surface area (TPSA) is 82.2 Å². The number of aliphatic hydroxyl groups is 1. The summed E-state index contributed by atoms with van der Waals surface area (Å²) in [7, 11) is 0. The molecule has 0 spiro atoms. The third-order valence-electron chi connectivity index (χ3n) is 10.7. The number of aliphatic hydroxyl groups excluding tert-OH is 1. The van der Waals surface area contributed by atoms with Crippen LogP contribution in [0.4, 0.5) is 0 Å². The first-order chi connectivity index (χ1) is 17.1. The Morgan fingerprint density at radius 2 is 1.08 bits per heavy atom. The Bertz CT molecular complexity index is 800. The van der Waals surface area contributed by atoms with Crippen LogP contribution in [0.25, 0.3) is 0 Å². The van der Waals surface area contributed by atoms with E-state index in [1.54, 1.807) is 0 Å². The number of hydrogen-bond acceptors (Lipinski definition) is 7. The average molecular weight is 509 g/mol. The van der Waals surface area contributed by atoms with Gasteiger partial charge < -0.3 is 33.5 Å². The van der Waals surface area contributed by atoms with Crippen molar-refractivity contribution in [2.24, 2.45) is 21.7 Å². The number of hydrogen-bond donors (Lipinski definition) is 1. The second-order valence-electron chi connectivity index (χ2n) is 14.3. The highest BCUT2D eigenvalue weighted by atomic mass is 16.6. The molecule has 7 heteroatoms. The molecule has 2 heterocycles. The van der Waals surface area contributed by atoms with Crippen molar-refractivity contribution in [2.75, 3.05) is 39.6 Å². The van der Waals surface area contributed by atoms with Crippen molar-refractivity contribution in [1.29, 1.82) is 0 Å². The van der Waals surface area contributed by atoms with Gasteiger partial charge in [0.15, 0.2) is 0 Å². The van der Waals surface area contributed by atoms with Gasteiger partial charge in [0.2, 0.25) is 0 Å². The molecule has 6 rings (SSSR count). The van der Waals surface area contributed by atoms with Crippen LogP contribution in [0.5, 0.6) is 0 Å². The highest BCUT2D eigenvalue weighted by Gasteiger charge is 2.59. The quantitative estimate of drug-likeness (QED) is 0.401. The summed E-state index contributed by atoms with van der Waals surface area (Å²) in [6.45, 7) is 13.3. The fourth-order valence-electron chi connectivity index (χ4n) is 8.53. The summed E-state index contributed by atoms with van der Waals surface area (Å²) in [5.41, 5.74) is 0.638. The zero-order valence-corrected chi connectivity index (χ0v) is 22.8. The van der Waals surface area contributed by atoms with Crippen molar-refractivity contribution >= 4 is 0 Å². The first-order valence-corrected chi connectivity index (χ1v) is 14.5. The number of fused-ring (bicyclic) bond motifs is 4. The summed E-state index contributed by atoms with van der Waals surface area (Å²) in [5, 5.41) is 10.8. The van der Waals surface area contributed by atoms with E-state index in [4.69, 9.17) is 28.4 Å². The van der Waals surface area contributed by atoms with Crippen LogP contribution in [0.15, 0.2) is 0 Å². The van der Waals surface area contributed by atoms with Crippen LogP contribution in [0.3, 0.4) is 0 Å². The minimum Gasteiger partial charge on any atom is -0.388 e. The molecule has 7 nitrogen and oxygen atoms in total. The van der Waals surface area contributed by atoms with Gasteiger partial charge in [-0.2, -0.15) is 0 Å². The van der Waals surface area contributed by atoms with Crippen molar-refractivity contribution in [3.05, 3.63) is 0 Å². The van der Waals surface area contributed by atoms with Crippen LogP contribution >= 0.6 is 0 Å². The predicted molar refractivity (Wildman–Crippen MR) is 134 cm³/mol. The molecular formula is C29H48O7. The van der Waals surface area contributed by atoms with Gasteiger partial charge in [-0.15, -0.1) is 0 Å². The molecule has 0 aromatic carbocycles. The van der Waals surface area contributed by atoms with Gasteiger partial charge in [-0.1, -0.05) is 27.7 Å². The summed E-state index contributed by atoms with van der Waals surface area (Å²) in [5.74, 6) is 0. The normalized spacial score (nSPS) is 51.9. The Hall–Kier alpha value is -0.280. The molecule has 1 N–H and O–H groups in total. The molecule has 4 aliphatic carbocycles. The maximum atomic E-state index is 10.8. The fourth-order valence-corrected chi connectivity index (χ4v) is 8.53. The first-order valence-electron chi connectivity index (χ1n) is 14.5. The molecule has 2 aliphatic heterocycles. The van der Waals surface area contributed by atoms with Gasteiger partial charge in [0, 0.05) is 0 Å². The Morgan fingerprint density at radius 1 is 0.667 bits per heavy atom. The molecule has 206 valence electrons. The second kappa shape index (κ2) is 9.42. The lowest BCUT2D eigenvalue weighted by atomic mass is 9.69. The van der Waals surface area contributed by atoms with Gasteiger partial charge in [0.25, 0.3) is 0 Å². The lowest BCUT2D eigenvalue weighted by molar-refractivity contribution is -0.115. The van der Waals surface area contributed by atoms with Crippen molar-refractivity contribution in [1.82, 2.24) is 0 Å². The van der Waals surface area contributed by atoms with E-state index in [9.17, 15) is 5.11 Å². The fraction of sp³-hybridized carbons (Fsp3) is 1.00. The third-order valence-corrected chi connectivity index (χ3v) is 10.7. The van der Waals surface area contributed by atoms with E-state index in [2.05, 4.69) is 27.7 Å². The zero-order valence-electron chi connectivity index (χ0n) is 22.8. The van der Waals surface area contributed by atoms with Crippen molar-refractivity contribution in [3.8, 4) is 0 Å². The van der Waals surface area contributed by atoms with E-state index in [-0.39, 0.29) is 46.1 Å². The highest BCUT2D eigenvalue weighted by molar-refractivity contribution is 5.08. The smallest absolute Gasteiger partial charge is 0.104 e. The molecule has 6 aliphatic rings. The van der Waals surface area contributed by atoms with Crippen LogP contribution in [-0.4, -0.2) is 87.5 Å². The molecule has 0 amide bonds. The minimum atomic E-state index is -0.599. The van der Waals surface area contributed by atoms with Crippen molar-refractivity contribution in [3.63, 3.8) is 0 Å². The van der Waals surface area contributed by atoms with Gasteiger partial charge in [-0.25, -0.2) is 0 Å². The lowest BCUT2D eigenvalue weighted by Gasteiger charge is -2.42. The number of rotatable bonds is 12. The Balaban J connectivity index is 0.967. The Kier molecular flexibility index (Phi) is 6.80. The molecule has 4 saturated carbocycles. The van der Waals surface area contributed by atoms with E-state index < -0.39 is 6.10 Å². The molecule has 0 radical (unpaired) electrons. The van der Waals surface area contributed by atoms with Crippen LogP contribution < -0.4 is 0 Å². The van der Waals surface area contributed by atoms with Crippen molar-refractivity contribution in [2.45, 2.75) is 122 Å². The predicted octanol–water partition coefficient (Wildman–Crippen LogP) is 3.89. The SMILES string of the molecule is CC12CCC(OCC(O)COC3CC4(C)CC3(C)CCC4OCC3CO3)C(C)(CC1OCC1CO1)C2. The summed E-state index contributed by atoms with van der Waals surface area (Å²) in [6.07, 6.45) is 9.56. The summed E-state index contributed by atoms with van der Waals surface area (Å²) in [6, 6.07) is 0. The van der Waals surface area contributed by atoms with E-state index in [1.165, 1.54) is 0 Å². The van der Waals surface area contributed by atoms with E-state index >= 15 is 0 Å². The highest BCUT2D eigenvalue weighted by Crippen LogP contribution is 2.61. The maximum absolute atomic E-state index is 10.8. The largest absolute Gasteiger partial charge is 0.388 e. The molecular weight excluding hydrogens is 460 g/mol. The Morgan fingerprint density at radius 3 is 1.58 bits per heavy atom. The van der Waals surface area contributed by atoms with E-state index in [0.717, 1.165) is 77.8 Å². The molecule has 4 bridgehead atoms. The van der Waals surface area contributed by atoms with Gasteiger partial charge in [-0.05, 0) is 73.0 Å². The Labute approximate surface area is 216 Å². The van der Waals surface area contributed by atoms with Gasteiger partial charge in [0.1, 0.15) is 18.3 Å².